The van der Waals surface area contributed by atoms with Gasteiger partial charge in [-0.3, -0.25) is 0 Å². The molecule has 3 aromatic rings. The van der Waals surface area contributed by atoms with Gasteiger partial charge in [0.15, 0.2) is 0 Å². The van der Waals surface area contributed by atoms with E-state index in [0.29, 0.717) is 12.5 Å². The van der Waals surface area contributed by atoms with Gasteiger partial charge in [0.25, 0.3) is 0 Å². The van der Waals surface area contributed by atoms with Crippen molar-refractivity contribution in [3.05, 3.63) is 98.5 Å². The van der Waals surface area contributed by atoms with E-state index in [0.717, 1.165) is 39.8 Å². The number of rotatable bonds is 6. The number of hydrogen-bond donors (Lipinski definition) is 1. The number of hydrogen-bond acceptors (Lipinski definition) is 2. The zero-order valence-corrected chi connectivity index (χ0v) is 17.3. The summed E-state index contributed by atoms with van der Waals surface area (Å²) in [5.41, 5.74) is 7.16. The van der Waals surface area contributed by atoms with E-state index < -0.39 is 6.10 Å². The lowest BCUT2D eigenvalue weighted by Gasteiger charge is -2.23. The molecule has 0 spiro atoms. The number of aliphatic hydroxyl groups excluding tert-OH is 1. The third-order valence-electron chi connectivity index (χ3n) is 5.90. The maximum absolute atomic E-state index is 11.2. The Balaban J connectivity index is 1.44. The van der Waals surface area contributed by atoms with Crippen LogP contribution >= 0.6 is 15.9 Å². The summed E-state index contributed by atoms with van der Waals surface area (Å²) in [6.07, 6.45) is 4.06. The zero-order valence-electron chi connectivity index (χ0n) is 15.7. The molecule has 142 valence electrons. The molecule has 5 rings (SSSR count). The van der Waals surface area contributed by atoms with Crippen molar-refractivity contribution in [1.29, 1.82) is 0 Å². The molecule has 0 heterocycles. The molecular weight excluding hydrogens is 412 g/mol. The number of aliphatic hydroxyl groups is 1. The first-order valence-electron chi connectivity index (χ1n) is 9.99. The van der Waals surface area contributed by atoms with Crippen LogP contribution in [0.15, 0.2) is 65.1 Å². The lowest BCUT2D eigenvalue weighted by atomic mass is 9.85. The summed E-state index contributed by atoms with van der Waals surface area (Å²) in [5, 5.41) is 11.2. The standard InChI is InChI=1S/C25H23BrO2/c26-23-13-22(25(27)20-11-7-17-6-10-19(17)12-20)21(18-8-9-18)14-24(23)28-15-16-4-2-1-3-5-16/h1-5,7,11-14,18,25,27H,6,8-10,15H2. The highest BCUT2D eigenvalue weighted by atomic mass is 79.9. The Morgan fingerprint density at radius 2 is 1.75 bits per heavy atom. The van der Waals surface area contributed by atoms with Crippen molar-refractivity contribution >= 4 is 15.9 Å². The van der Waals surface area contributed by atoms with Gasteiger partial charge in [-0.25, -0.2) is 0 Å². The lowest BCUT2D eigenvalue weighted by Crippen LogP contribution is -2.11. The van der Waals surface area contributed by atoms with Gasteiger partial charge < -0.3 is 9.84 Å². The van der Waals surface area contributed by atoms with Gasteiger partial charge in [-0.2, -0.15) is 0 Å². The molecule has 3 heteroatoms. The van der Waals surface area contributed by atoms with Crippen molar-refractivity contribution in [2.24, 2.45) is 0 Å². The molecule has 0 bridgehead atoms. The van der Waals surface area contributed by atoms with E-state index in [2.05, 4.69) is 58.4 Å². The third-order valence-corrected chi connectivity index (χ3v) is 6.52. The van der Waals surface area contributed by atoms with E-state index in [1.165, 1.54) is 29.5 Å². The summed E-state index contributed by atoms with van der Waals surface area (Å²) >= 11 is 3.67. The molecule has 28 heavy (non-hydrogen) atoms. The minimum Gasteiger partial charge on any atom is -0.488 e. The fourth-order valence-corrected chi connectivity index (χ4v) is 4.46. The van der Waals surface area contributed by atoms with Gasteiger partial charge in [-0.1, -0.05) is 48.5 Å². The minimum atomic E-state index is -0.596. The van der Waals surface area contributed by atoms with Crippen LogP contribution in [0, 0.1) is 0 Å². The van der Waals surface area contributed by atoms with Gasteiger partial charge >= 0.3 is 0 Å². The Kier molecular flexibility index (Phi) is 4.73. The topological polar surface area (TPSA) is 29.5 Å². The molecule has 0 aliphatic heterocycles. The van der Waals surface area contributed by atoms with Crippen LogP contribution in [0.2, 0.25) is 0 Å². The molecule has 2 aliphatic rings. The number of aryl methyl sites for hydroxylation is 2. The van der Waals surface area contributed by atoms with Crippen LogP contribution in [0.4, 0.5) is 0 Å². The maximum atomic E-state index is 11.2. The zero-order chi connectivity index (χ0) is 19.1. The highest BCUT2D eigenvalue weighted by molar-refractivity contribution is 9.10. The Bertz CT molecular complexity index is 1010. The first-order chi connectivity index (χ1) is 13.7. The maximum Gasteiger partial charge on any atom is 0.134 e. The summed E-state index contributed by atoms with van der Waals surface area (Å²) in [7, 11) is 0. The second kappa shape index (κ2) is 7.38. The van der Waals surface area contributed by atoms with Crippen molar-refractivity contribution in [1.82, 2.24) is 0 Å². The van der Waals surface area contributed by atoms with Gasteiger partial charge in [-0.05, 0) is 93.0 Å². The summed E-state index contributed by atoms with van der Waals surface area (Å²) in [6, 6.07) is 20.8. The third kappa shape index (κ3) is 3.49. The largest absolute Gasteiger partial charge is 0.488 e. The van der Waals surface area contributed by atoms with Crippen LogP contribution in [0.5, 0.6) is 5.75 Å². The predicted molar refractivity (Wildman–Crippen MR) is 115 cm³/mol. The van der Waals surface area contributed by atoms with Crippen molar-refractivity contribution in [3.63, 3.8) is 0 Å². The highest BCUT2D eigenvalue weighted by Gasteiger charge is 2.30. The van der Waals surface area contributed by atoms with Crippen molar-refractivity contribution in [2.45, 2.75) is 44.3 Å². The van der Waals surface area contributed by atoms with Crippen molar-refractivity contribution in [3.8, 4) is 5.75 Å². The van der Waals surface area contributed by atoms with Crippen LogP contribution in [-0.2, 0) is 19.4 Å². The highest BCUT2D eigenvalue weighted by Crippen LogP contribution is 2.47. The van der Waals surface area contributed by atoms with Gasteiger partial charge in [0.1, 0.15) is 18.5 Å². The molecule has 1 saturated carbocycles. The van der Waals surface area contributed by atoms with E-state index in [1.54, 1.807) is 0 Å². The van der Waals surface area contributed by atoms with Crippen LogP contribution in [0.25, 0.3) is 0 Å². The predicted octanol–water partition coefficient (Wildman–Crippen LogP) is 6.09. The van der Waals surface area contributed by atoms with E-state index in [4.69, 9.17) is 4.74 Å². The number of ether oxygens (including phenoxy) is 1. The average molecular weight is 435 g/mol. The SMILES string of the molecule is OC(c1ccc2c(c1)CC2)c1cc(Br)c(OCc2ccccc2)cc1C1CC1. The van der Waals surface area contributed by atoms with Crippen molar-refractivity contribution in [2.75, 3.05) is 0 Å². The minimum absolute atomic E-state index is 0.531. The number of fused-ring (bicyclic) bond motifs is 1. The normalized spacial score (nSPS) is 16.2. The summed E-state index contributed by atoms with van der Waals surface area (Å²) in [4.78, 5) is 0. The molecule has 2 nitrogen and oxygen atoms in total. The smallest absolute Gasteiger partial charge is 0.134 e. The quantitative estimate of drug-likeness (QED) is 0.508. The average Bonchev–Trinajstić information content (AvgIpc) is 3.53. The van der Waals surface area contributed by atoms with Gasteiger partial charge in [-0.15, -0.1) is 0 Å². The molecule has 1 fully saturated rings. The molecule has 3 aromatic carbocycles. The van der Waals surface area contributed by atoms with E-state index >= 15 is 0 Å². The van der Waals surface area contributed by atoms with Crippen LogP contribution < -0.4 is 4.74 Å². The van der Waals surface area contributed by atoms with Crippen LogP contribution in [0.1, 0.15) is 58.2 Å². The van der Waals surface area contributed by atoms with Crippen LogP contribution in [-0.4, -0.2) is 5.11 Å². The molecular formula is C25H23BrO2. The first-order valence-corrected chi connectivity index (χ1v) is 10.8. The molecule has 2 aliphatic carbocycles. The van der Waals surface area contributed by atoms with Gasteiger partial charge in [0.2, 0.25) is 0 Å². The van der Waals surface area contributed by atoms with Gasteiger partial charge in [0, 0.05) is 0 Å². The molecule has 0 amide bonds. The fourth-order valence-electron chi connectivity index (χ4n) is 3.98. The molecule has 0 saturated heterocycles. The van der Waals surface area contributed by atoms with Crippen LogP contribution in [0.3, 0.4) is 0 Å². The number of benzene rings is 3. The summed E-state index contributed by atoms with van der Waals surface area (Å²) in [5.74, 6) is 1.38. The molecule has 1 atom stereocenters. The molecule has 1 N–H and O–H groups in total. The Morgan fingerprint density at radius 1 is 0.964 bits per heavy atom. The Morgan fingerprint density at radius 3 is 2.43 bits per heavy atom. The second-order valence-corrected chi connectivity index (χ2v) is 8.75. The van der Waals surface area contributed by atoms with E-state index in [9.17, 15) is 5.11 Å². The molecule has 1 unspecified atom stereocenters. The fraction of sp³-hybridized carbons (Fsp3) is 0.280. The number of halogens is 1. The molecule has 0 aromatic heterocycles. The van der Waals surface area contributed by atoms with Gasteiger partial charge in [0.05, 0.1) is 4.47 Å². The second-order valence-electron chi connectivity index (χ2n) is 7.89. The first kappa shape index (κ1) is 18.0. The Hall–Kier alpha value is -2.10. The van der Waals surface area contributed by atoms with Crippen molar-refractivity contribution < 1.29 is 9.84 Å². The summed E-state index contributed by atoms with van der Waals surface area (Å²) in [6.45, 7) is 0.538. The lowest BCUT2D eigenvalue weighted by molar-refractivity contribution is 0.218. The molecule has 0 radical (unpaired) electrons. The van der Waals surface area contributed by atoms with E-state index in [-0.39, 0.29) is 0 Å². The van der Waals surface area contributed by atoms with E-state index in [1.807, 2.05) is 18.2 Å². The summed E-state index contributed by atoms with van der Waals surface area (Å²) < 4.78 is 6.99. The Labute approximate surface area is 174 Å². The monoisotopic (exact) mass is 434 g/mol.